The quantitative estimate of drug-likeness (QED) is 0.365. The van der Waals surface area contributed by atoms with Gasteiger partial charge >= 0.3 is 12.3 Å². The van der Waals surface area contributed by atoms with Gasteiger partial charge in [-0.3, -0.25) is 9.59 Å². The van der Waals surface area contributed by atoms with Crippen LogP contribution in [0.15, 0.2) is 23.0 Å². The van der Waals surface area contributed by atoms with Crippen LogP contribution in [0.25, 0.3) is 10.8 Å². The largest absolute Gasteiger partial charge is 0.491 e. The van der Waals surface area contributed by atoms with Crippen LogP contribution in [0.3, 0.4) is 0 Å². The number of amides is 2. The summed E-state index contributed by atoms with van der Waals surface area (Å²) in [6.45, 7) is 8.49. The molecule has 0 bridgehead atoms. The number of nitrogens with zero attached hydrogens (tertiary/aromatic N) is 1. The summed E-state index contributed by atoms with van der Waals surface area (Å²) in [5, 5.41) is 12.5. The fourth-order valence-corrected chi connectivity index (χ4v) is 3.91. The summed E-state index contributed by atoms with van der Waals surface area (Å²) in [4.78, 5) is 36.6. The zero-order valence-corrected chi connectivity index (χ0v) is 21.6. The minimum Gasteiger partial charge on any atom is -0.491 e. The van der Waals surface area contributed by atoms with E-state index >= 15 is 0 Å². The molecule has 1 unspecified atom stereocenters. The van der Waals surface area contributed by atoms with Gasteiger partial charge < -0.3 is 30.2 Å². The molecule has 37 heavy (non-hydrogen) atoms. The molecule has 206 valence electrons. The van der Waals surface area contributed by atoms with Crippen molar-refractivity contribution in [2.45, 2.75) is 66.2 Å². The molecular formula is C25H34F3N3O6. The van der Waals surface area contributed by atoms with Crippen LogP contribution in [-0.2, 0) is 11.3 Å². The summed E-state index contributed by atoms with van der Waals surface area (Å²) in [6, 6.07) is 3.40. The van der Waals surface area contributed by atoms with Gasteiger partial charge in [0, 0.05) is 18.4 Å². The van der Waals surface area contributed by atoms with Crippen LogP contribution >= 0.6 is 0 Å². The van der Waals surface area contributed by atoms with Crippen molar-refractivity contribution in [2.24, 2.45) is 17.1 Å². The molecule has 9 nitrogen and oxygen atoms in total. The number of carbonyl (C=O) groups excluding carboxylic acids is 1. The van der Waals surface area contributed by atoms with Gasteiger partial charge in [-0.1, -0.05) is 34.6 Å². The van der Waals surface area contributed by atoms with Gasteiger partial charge in [0.2, 0.25) is 0 Å². The van der Waals surface area contributed by atoms with E-state index in [2.05, 4.69) is 5.32 Å². The van der Waals surface area contributed by atoms with E-state index in [-0.39, 0.29) is 53.5 Å². The number of alkyl halides is 3. The lowest BCUT2D eigenvalue weighted by molar-refractivity contribution is -0.136. The fourth-order valence-electron chi connectivity index (χ4n) is 3.91. The van der Waals surface area contributed by atoms with Crippen molar-refractivity contribution in [1.29, 1.82) is 0 Å². The van der Waals surface area contributed by atoms with Gasteiger partial charge in [-0.15, -0.1) is 0 Å². The molecule has 1 aromatic heterocycles. The molecule has 0 aliphatic rings. The molecule has 0 aliphatic heterocycles. The fraction of sp³-hybridized carbons (Fsp3) is 0.560. The smallest absolute Gasteiger partial charge is 0.405 e. The van der Waals surface area contributed by atoms with Gasteiger partial charge in [0.15, 0.2) is 6.61 Å². The molecular weight excluding hydrogens is 495 g/mol. The van der Waals surface area contributed by atoms with Crippen LogP contribution in [0.2, 0.25) is 0 Å². The number of fused-ring (bicyclic) bond motifs is 1. The zero-order valence-electron chi connectivity index (χ0n) is 21.6. The lowest BCUT2D eigenvalue weighted by Gasteiger charge is -2.34. The molecule has 1 aromatic carbocycles. The first-order valence-electron chi connectivity index (χ1n) is 11.8. The molecule has 4 N–H and O–H groups in total. The molecule has 0 saturated carbocycles. The van der Waals surface area contributed by atoms with E-state index in [0.717, 1.165) is 0 Å². The zero-order chi connectivity index (χ0) is 28.1. The molecule has 0 spiro atoms. The molecule has 0 aliphatic carbocycles. The first kappa shape index (κ1) is 29.8. The Kier molecular flexibility index (Phi) is 9.45. The standard InChI is InChI=1S/C25H34F3N3O6/c1-14(2)12-31-19(21(24(3,4)5)30-23(34)35)20(36-10-6-9-25(26,27)28)17-11-15(37-13-18(29)32)7-8-16(17)22(31)33/h7-8,11,14,21,30H,6,9-10,12-13H2,1-5H3,(H2,29,32)(H,34,35). The number of carboxylic acid groups (broad SMARTS) is 1. The Morgan fingerprint density at radius 1 is 1.14 bits per heavy atom. The predicted molar refractivity (Wildman–Crippen MR) is 132 cm³/mol. The maximum Gasteiger partial charge on any atom is 0.405 e. The number of hydrogen-bond acceptors (Lipinski definition) is 5. The number of primary amides is 1. The lowest BCUT2D eigenvalue weighted by Crippen LogP contribution is -2.40. The van der Waals surface area contributed by atoms with Crippen molar-refractivity contribution in [2.75, 3.05) is 13.2 Å². The molecule has 0 fully saturated rings. The van der Waals surface area contributed by atoms with E-state index in [4.69, 9.17) is 15.2 Å². The minimum atomic E-state index is -4.38. The topological polar surface area (TPSA) is 133 Å². The van der Waals surface area contributed by atoms with Gasteiger partial charge in [-0.25, -0.2) is 4.79 Å². The van der Waals surface area contributed by atoms with E-state index in [1.165, 1.54) is 22.8 Å². The van der Waals surface area contributed by atoms with E-state index in [0.29, 0.717) is 0 Å². The van der Waals surface area contributed by atoms with Gasteiger partial charge in [0.25, 0.3) is 11.5 Å². The third kappa shape index (κ3) is 8.29. The summed E-state index contributed by atoms with van der Waals surface area (Å²) >= 11 is 0. The maximum atomic E-state index is 13.7. The first-order chi connectivity index (χ1) is 17.0. The summed E-state index contributed by atoms with van der Waals surface area (Å²) < 4.78 is 51.0. The molecule has 2 rings (SSSR count). The first-order valence-corrected chi connectivity index (χ1v) is 11.8. The van der Waals surface area contributed by atoms with E-state index in [9.17, 15) is 32.7 Å². The van der Waals surface area contributed by atoms with Crippen molar-refractivity contribution in [3.05, 3.63) is 34.2 Å². The van der Waals surface area contributed by atoms with E-state index in [1.54, 1.807) is 20.8 Å². The summed E-state index contributed by atoms with van der Waals surface area (Å²) in [5.74, 6) is -0.515. The number of nitrogens with two attached hydrogens (primary N) is 1. The highest BCUT2D eigenvalue weighted by Crippen LogP contribution is 2.41. The molecule has 12 heteroatoms. The van der Waals surface area contributed by atoms with Gasteiger partial charge in [0.1, 0.15) is 11.5 Å². The van der Waals surface area contributed by atoms with Crippen molar-refractivity contribution in [3.63, 3.8) is 0 Å². The van der Waals surface area contributed by atoms with Gasteiger partial charge in [-0.05, 0) is 36.0 Å². The number of aromatic nitrogens is 1. The second-order valence-corrected chi connectivity index (χ2v) is 10.3. The normalized spacial score (nSPS) is 13.0. The van der Waals surface area contributed by atoms with Crippen LogP contribution in [0.1, 0.15) is 59.2 Å². The molecule has 0 saturated heterocycles. The van der Waals surface area contributed by atoms with Crippen molar-refractivity contribution >= 4 is 22.8 Å². The highest BCUT2D eigenvalue weighted by Gasteiger charge is 2.35. The number of ether oxygens (including phenoxy) is 2. The Hall–Kier alpha value is -3.44. The van der Waals surface area contributed by atoms with Crippen LogP contribution in [0, 0.1) is 11.3 Å². The summed E-state index contributed by atoms with van der Waals surface area (Å²) in [7, 11) is 0. The Morgan fingerprint density at radius 2 is 1.78 bits per heavy atom. The summed E-state index contributed by atoms with van der Waals surface area (Å²) in [5.41, 5.74) is 4.16. The number of pyridine rings is 1. The van der Waals surface area contributed by atoms with Gasteiger partial charge in [0.05, 0.1) is 23.7 Å². The monoisotopic (exact) mass is 529 g/mol. The number of halogens is 3. The number of carbonyl (C=O) groups is 2. The van der Waals surface area contributed by atoms with Crippen LogP contribution in [0.5, 0.6) is 11.5 Å². The molecule has 1 heterocycles. The number of benzene rings is 1. The third-order valence-electron chi connectivity index (χ3n) is 5.42. The molecule has 0 radical (unpaired) electrons. The molecule has 1 atom stereocenters. The minimum absolute atomic E-state index is 0.0319. The van der Waals surface area contributed by atoms with Crippen LogP contribution in [0.4, 0.5) is 18.0 Å². The molecule has 2 aromatic rings. The number of nitrogens with one attached hydrogen (secondary N) is 1. The average Bonchev–Trinajstić information content (AvgIpc) is 2.74. The second kappa shape index (κ2) is 11.7. The Labute approximate surface area is 212 Å². The average molecular weight is 530 g/mol. The molecule has 2 amide bonds. The van der Waals surface area contributed by atoms with Crippen molar-refractivity contribution in [3.8, 4) is 11.5 Å². The van der Waals surface area contributed by atoms with E-state index in [1.807, 2.05) is 13.8 Å². The Morgan fingerprint density at radius 3 is 2.30 bits per heavy atom. The van der Waals surface area contributed by atoms with Crippen molar-refractivity contribution < 1.29 is 37.3 Å². The predicted octanol–water partition coefficient (Wildman–Crippen LogP) is 4.60. The SMILES string of the molecule is CC(C)Cn1c(C(NC(=O)O)C(C)(C)C)c(OCCCC(F)(F)F)c2cc(OCC(N)=O)ccc2c1=O. The van der Waals surface area contributed by atoms with Gasteiger partial charge in [-0.2, -0.15) is 13.2 Å². The Balaban J connectivity index is 2.87. The Bertz CT molecular complexity index is 1190. The van der Waals surface area contributed by atoms with Crippen molar-refractivity contribution in [1.82, 2.24) is 9.88 Å². The third-order valence-corrected chi connectivity index (χ3v) is 5.42. The lowest BCUT2D eigenvalue weighted by atomic mass is 9.83. The highest BCUT2D eigenvalue weighted by atomic mass is 19.4. The summed E-state index contributed by atoms with van der Waals surface area (Å²) in [6.07, 6.45) is -7.14. The maximum absolute atomic E-state index is 13.7. The number of rotatable bonds is 11. The van der Waals surface area contributed by atoms with Crippen LogP contribution < -0.4 is 26.1 Å². The van der Waals surface area contributed by atoms with Crippen LogP contribution in [-0.4, -0.2) is 41.1 Å². The van der Waals surface area contributed by atoms with E-state index < -0.39 is 48.2 Å². The second-order valence-electron chi connectivity index (χ2n) is 10.3. The number of hydrogen-bond donors (Lipinski definition) is 3. The highest BCUT2D eigenvalue weighted by molar-refractivity contribution is 5.90.